The van der Waals surface area contributed by atoms with Crippen molar-refractivity contribution in [2.75, 3.05) is 14.2 Å². The fraction of sp³-hybridized carbons (Fsp3) is 0.154. The molecule has 20 heavy (non-hydrogen) atoms. The molecule has 0 atom stereocenters. The van der Waals surface area contributed by atoms with Crippen LogP contribution in [0.25, 0.3) is 11.3 Å². The number of carboxylic acid groups (broad SMARTS) is 1. The third kappa shape index (κ3) is 2.33. The summed E-state index contributed by atoms with van der Waals surface area (Å²) < 4.78 is 10.4. The molecule has 0 amide bonds. The molecule has 0 radical (unpaired) electrons. The average Bonchev–Trinajstić information content (AvgIpc) is 2.95. The molecule has 0 bridgehead atoms. The van der Waals surface area contributed by atoms with Crippen LogP contribution >= 0.6 is 0 Å². The van der Waals surface area contributed by atoms with Gasteiger partial charge < -0.3 is 14.6 Å². The first-order valence-corrected chi connectivity index (χ1v) is 5.61. The van der Waals surface area contributed by atoms with Gasteiger partial charge in [-0.25, -0.2) is 4.79 Å². The topological polar surface area (TPSA) is 102 Å². The number of nitrogens with one attached hydrogen (secondary N) is 1. The lowest BCUT2D eigenvalue weighted by Gasteiger charge is -2.12. The predicted molar refractivity (Wildman–Crippen MR) is 69.5 cm³/mol. The summed E-state index contributed by atoms with van der Waals surface area (Å²) in [6.45, 7) is 0. The van der Waals surface area contributed by atoms with Crippen LogP contribution < -0.4 is 9.47 Å². The Labute approximate surface area is 114 Å². The molecular formula is C13H12N2O5. The highest BCUT2D eigenvalue weighted by atomic mass is 16.5. The number of hydrogen-bond acceptors (Lipinski definition) is 5. The lowest BCUT2D eigenvalue weighted by atomic mass is 10.1. The number of methoxy groups -OCH3 is 2. The van der Waals surface area contributed by atoms with Gasteiger partial charge in [-0.2, -0.15) is 5.10 Å². The predicted octanol–water partition coefficient (Wildman–Crippen LogP) is 1.60. The van der Waals surface area contributed by atoms with Crippen molar-refractivity contribution in [3.8, 4) is 22.8 Å². The molecular weight excluding hydrogens is 264 g/mol. The van der Waals surface area contributed by atoms with Gasteiger partial charge in [0.25, 0.3) is 0 Å². The van der Waals surface area contributed by atoms with Gasteiger partial charge in [0.05, 0.1) is 19.9 Å². The van der Waals surface area contributed by atoms with E-state index in [0.29, 0.717) is 34.6 Å². The van der Waals surface area contributed by atoms with E-state index < -0.39 is 5.97 Å². The third-order valence-electron chi connectivity index (χ3n) is 2.72. The molecule has 104 valence electrons. The Hall–Kier alpha value is -2.83. The van der Waals surface area contributed by atoms with Gasteiger partial charge in [-0.05, 0) is 18.2 Å². The number of carbonyl (C=O) groups is 2. The third-order valence-corrected chi connectivity index (χ3v) is 2.72. The van der Waals surface area contributed by atoms with Crippen molar-refractivity contribution in [2.45, 2.75) is 0 Å². The Kier molecular flexibility index (Phi) is 3.69. The quantitative estimate of drug-likeness (QED) is 0.804. The van der Waals surface area contributed by atoms with E-state index in [1.54, 1.807) is 6.07 Å². The Bertz CT molecular complexity index is 663. The molecule has 1 aromatic carbocycles. The molecule has 0 aliphatic rings. The molecule has 0 saturated heterocycles. The summed E-state index contributed by atoms with van der Waals surface area (Å²) in [6.07, 6.45) is 0.663. The SMILES string of the molecule is COc1cc(C=O)cc(-c2cc(C(=O)O)[nH]n2)c1OC. The number of aromatic nitrogens is 2. The van der Waals surface area contributed by atoms with E-state index in [1.165, 1.54) is 26.4 Å². The number of aldehydes is 1. The molecule has 2 rings (SSSR count). The molecule has 1 aromatic heterocycles. The van der Waals surface area contributed by atoms with Crippen molar-refractivity contribution in [1.29, 1.82) is 0 Å². The second-order valence-electron chi connectivity index (χ2n) is 3.89. The Morgan fingerprint density at radius 3 is 2.55 bits per heavy atom. The fourth-order valence-corrected chi connectivity index (χ4v) is 1.81. The molecule has 0 unspecified atom stereocenters. The molecule has 0 fully saturated rings. The molecule has 2 aromatic rings. The minimum absolute atomic E-state index is 0.0578. The Balaban J connectivity index is 2.63. The number of ether oxygens (including phenoxy) is 2. The van der Waals surface area contributed by atoms with E-state index in [0.717, 1.165) is 0 Å². The van der Waals surface area contributed by atoms with Gasteiger partial charge in [-0.15, -0.1) is 0 Å². The van der Waals surface area contributed by atoms with Gasteiger partial charge >= 0.3 is 5.97 Å². The van der Waals surface area contributed by atoms with Crippen LogP contribution in [0.3, 0.4) is 0 Å². The van der Waals surface area contributed by atoms with Gasteiger partial charge in [0.1, 0.15) is 12.0 Å². The number of nitrogens with zero attached hydrogens (tertiary/aromatic N) is 1. The minimum Gasteiger partial charge on any atom is -0.493 e. The van der Waals surface area contributed by atoms with Crippen molar-refractivity contribution in [1.82, 2.24) is 10.2 Å². The zero-order valence-corrected chi connectivity index (χ0v) is 10.8. The number of benzene rings is 1. The smallest absolute Gasteiger partial charge is 0.353 e. The van der Waals surface area contributed by atoms with Crippen molar-refractivity contribution in [2.24, 2.45) is 0 Å². The number of hydrogen-bond donors (Lipinski definition) is 2. The Morgan fingerprint density at radius 2 is 2.05 bits per heavy atom. The molecule has 0 aliphatic heterocycles. The summed E-state index contributed by atoms with van der Waals surface area (Å²) in [4.78, 5) is 21.8. The zero-order valence-electron chi connectivity index (χ0n) is 10.8. The van der Waals surface area contributed by atoms with Crippen molar-refractivity contribution in [3.05, 3.63) is 29.5 Å². The molecule has 7 nitrogen and oxygen atoms in total. The molecule has 2 N–H and O–H groups in total. The lowest BCUT2D eigenvalue weighted by molar-refractivity contribution is 0.0690. The molecule has 0 aliphatic carbocycles. The highest BCUT2D eigenvalue weighted by Crippen LogP contribution is 2.38. The first-order chi connectivity index (χ1) is 9.60. The van der Waals surface area contributed by atoms with E-state index in [9.17, 15) is 9.59 Å². The molecule has 1 heterocycles. The van der Waals surface area contributed by atoms with Crippen LogP contribution in [0.2, 0.25) is 0 Å². The van der Waals surface area contributed by atoms with Crippen LogP contribution in [0.15, 0.2) is 18.2 Å². The van der Waals surface area contributed by atoms with E-state index in [1.807, 2.05) is 0 Å². The van der Waals surface area contributed by atoms with Crippen LogP contribution in [0.4, 0.5) is 0 Å². The van der Waals surface area contributed by atoms with Gasteiger partial charge in [-0.3, -0.25) is 9.89 Å². The summed E-state index contributed by atoms with van der Waals surface area (Å²) in [5.41, 5.74) is 1.13. The summed E-state index contributed by atoms with van der Waals surface area (Å²) in [5, 5.41) is 15.2. The molecule has 0 spiro atoms. The monoisotopic (exact) mass is 276 g/mol. The second kappa shape index (κ2) is 5.43. The van der Waals surface area contributed by atoms with Crippen LogP contribution in [-0.2, 0) is 0 Å². The Morgan fingerprint density at radius 1 is 1.30 bits per heavy atom. The summed E-state index contributed by atoms with van der Waals surface area (Å²) >= 11 is 0. The van der Waals surface area contributed by atoms with E-state index >= 15 is 0 Å². The largest absolute Gasteiger partial charge is 0.493 e. The highest BCUT2D eigenvalue weighted by molar-refractivity contribution is 5.88. The second-order valence-corrected chi connectivity index (χ2v) is 3.89. The van der Waals surface area contributed by atoms with E-state index in [4.69, 9.17) is 14.6 Å². The van der Waals surface area contributed by atoms with Crippen LogP contribution in [0.1, 0.15) is 20.8 Å². The number of aromatic carboxylic acids is 1. The van der Waals surface area contributed by atoms with Gasteiger partial charge in [-0.1, -0.05) is 0 Å². The van der Waals surface area contributed by atoms with Crippen LogP contribution in [0, 0.1) is 0 Å². The highest BCUT2D eigenvalue weighted by Gasteiger charge is 2.17. The van der Waals surface area contributed by atoms with E-state index in [2.05, 4.69) is 10.2 Å². The van der Waals surface area contributed by atoms with E-state index in [-0.39, 0.29) is 5.69 Å². The number of carbonyl (C=O) groups excluding carboxylic acids is 1. The maximum Gasteiger partial charge on any atom is 0.353 e. The van der Waals surface area contributed by atoms with Crippen molar-refractivity contribution in [3.63, 3.8) is 0 Å². The minimum atomic E-state index is -1.12. The number of H-pyrrole nitrogens is 1. The maximum absolute atomic E-state index is 11.0. The lowest BCUT2D eigenvalue weighted by Crippen LogP contribution is -1.96. The fourth-order valence-electron chi connectivity index (χ4n) is 1.81. The van der Waals surface area contributed by atoms with Gasteiger partial charge in [0.15, 0.2) is 11.5 Å². The number of aromatic amines is 1. The summed E-state index contributed by atoms with van der Waals surface area (Å²) in [7, 11) is 2.90. The number of rotatable bonds is 5. The average molecular weight is 276 g/mol. The zero-order chi connectivity index (χ0) is 14.7. The van der Waals surface area contributed by atoms with Crippen LogP contribution in [-0.4, -0.2) is 41.8 Å². The first kappa shape index (κ1) is 13.6. The summed E-state index contributed by atoms with van der Waals surface area (Å²) in [5.74, 6) is -0.380. The standard InChI is InChI=1S/C13H12N2O5/c1-19-11-4-7(6-16)3-8(12(11)20-2)9-5-10(13(17)18)15-14-9/h3-6H,1-2H3,(H,14,15)(H,17,18). The molecule has 7 heteroatoms. The van der Waals surface area contributed by atoms with Crippen molar-refractivity contribution >= 4 is 12.3 Å². The normalized spacial score (nSPS) is 10.1. The van der Waals surface area contributed by atoms with Gasteiger partial charge in [0, 0.05) is 11.1 Å². The summed E-state index contributed by atoms with van der Waals surface area (Å²) in [6, 6.07) is 4.43. The number of carboxylic acids is 1. The van der Waals surface area contributed by atoms with Crippen LogP contribution in [0.5, 0.6) is 11.5 Å². The maximum atomic E-state index is 11.0. The first-order valence-electron chi connectivity index (χ1n) is 5.61. The van der Waals surface area contributed by atoms with Gasteiger partial charge in [0.2, 0.25) is 0 Å². The molecule has 0 saturated carbocycles. The van der Waals surface area contributed by atoms with Crippen molar-refractivity contribution < 1.29 is 24.2 Å².